The van der Waals surface area contributed by atoms with Crippen molar-refractivity contribution in [3.63, 3.8) is 0 Å². The van der Waals surface area contributed by atoms with Gasteiger partial charge in [-0.25, -0.2) is 29.9 Å². The molecule has 12 aromatic rings. The molecule has 0 bridgehead atoms. The Kier molecular flexibility index (Phi) is 10.9. The zero-order valence-electron chi connectivity index (χ0n) is 43.2. The van der Waals surface area contributed by atoms with Gasteiger partial charge >= 0.3 is 0 Å². The van der Waals surface area contributed by atoms with Crippen LogP contribution in [0, 0.1) is 0 Å². The Morgan fingerprint density at radius 2 is 0.667 bits per heavy atom. The number of para-hydroxylation sites is 4. The van der Waals surface area contributed by atoms with Gasteiger partial charge in [0.05, 0.1) is 22.7 Å². The fraction of sp³-hybridized carbons (Fsp3) is 0.0909. The molecule has 2 aliphatic rings. The Morgan fingerprint density at radius 3 is 1.01 bits per heavy atom. The summed E-state index contributed by atoms with van der Waals surface area (Å²) in [4.78, 5) is 55.1. The molecule has 8 heterocycles. The molecule has 0 aliphatic carbocycles. The summed E-state index contributed by atoms with van der Waals surface area (Å²) in [6, 6.07) is 63.0. The SMILES string of the molecule is CC1(C)c2ccccc2N(c2cc(-c3nc(-c4cccnc4)nc(-c4ccccn4)n3)c3cc(N4c5ccccc5C(C)(C)c5ccccc54)cc(-c4nc(-c5cccnc5)nc(-c5ccccn5)n4)c3c2)c2ccccc21. The minimum atomic E-state index is -0.307. The number of anilines is 6. The number of fused-ring (bicyclic) bond motifs is 5. The van der Waals surface area contributed by atoms with Gasteiger partial charge in [0.2, 0.25) is 0 Å². The Labute approximate surface area is 451 Å². The van der Waals surface area contributed by atoms with Crippen LogP contribution in [-0.4, -0.2) is 49.8 Å². The van der Waals surface area contributed by atoms with Gasteiger partial charge < -0.3 is 9.80 Å². The summed E-state index contributed by atoms with van der Waals surface area (Å²) >= 11 is 0. The van der Waals surface area contributed by atoms with E-state index in [0.29, 0.717) is 46.3 Å². The molecule has 0 amide bonds. The summed E-state index contributed by atoms with van der Waals surface area (Å²) in [6.45, 7) is 9.20. The Bertz CT molecular complexity index is 3790. The van der Waals surface area contributed by atoms with E-state index in [-0.39, 0.29) is 10.8 Å². The standard InChI is InChI=1S/C66H48N12/c1-65(2)49-21-5-9-27-55(49)77(56-28-10-6-22-50(56)65)43-35-45-46(47(37-43)61-71-59(41-19-17-31-67-39-41)73-63(75-61)53-25-13-15-33-69-53)36-44(78-57-29-11-7-23-51(57)66(3,4)52-24-8-12-30-58(52)78)38-48(45)62-72-60(42-20-18-32-68-40-42)74-64(76-62)54-26-14-16-34-70-54/h5-40H,1-4H3. The molecule has 0 radical (unpaired) electrons. The molecule has 0 atom stereocenters. The molecule has 372 valence electrons. The Hall–Kier alpha value is -10.2. The van der Waals surface area contributed by atoms with E-state index >= 15 is 0 Å². The third-order valence-corrected chi connectivity index (χ3v) is 15.2. The second-order valence-electron chi connectivity index (χ2n) is 20.6. The number of rotatable bonds is 8. The maximum Gasteiger partial charge on any atom is 0.182 e. The first-order chi connectivity index (χ1) is 38.2. The van der Waals surface area contributed by atoms with Crippen LogP contribution >= 0.6 is 0 Å². The Balaban J connectivity index is 1.15. The third-order valence-electron chi connectivity index (χ3n) is 15.2. The molecule has 0 spiro atoms. The van der Waals surface area contributed by atoms with Crippen LogP contribution < -0.4 is 9.80 Å². The van der Waals surface area contributed by atoms with Crippen LogP contribution in [0.1, 0.15) is 49.9 Å². The fourth-order valence-electron chi connectivity index (χ4n) is 11.4. The minimum Gasteiger partial charge on any atom is -0.310 e. The predicted octanol–water partition coefficient (Wildman–Crippen LogP) is 15.0. The normalized spacial score (nSPS) is 13.8. The second-order valence-corrected chi connectivity index (χ2v) is 20.6. The topological polar surface area (TPSA) is 135 Å². The van der Waals surface area contributed by atoms with E-state index in [1.807, 2.05) is 60.7 Å². The molecular formula is C66H48N12. The van der Waals surface area contributed by atoms with Crippen LogP contribution in [0.5, 0.6) is 0 Å². The van der Waals surface area contributed by atoms with Crippen molar-refractivity contribution in [1.29, 1.82) is 0 Å². The van der Waals surface area contributed by atoms with Crippen LogP contribution in [0.25, 0.3) is 79.4 Å². The van der Waals surface area contributed by atoms with Gasteiger partial charge in [0.1, 0.15) is 11.4 Å². The summed E-state index contributed by atoms with van der Waals surface area (Å²) in [5.74, 6) is 2.64. The van der Waals surface area contributed by atoms with Crippen LogP contribution in [-0.2, 0) is 10.8 Å². The lowest BCUT2D eigenvalue weighted by atomic mass is 9.73. The quantitative estimate of drug-likeness (QED) is 0.143. The molecule has 0 N–H and O–H groups in total. The summed E-state index contributed by atoms with van der Waals surface area (Å²) in [5, 5.41) is 1.70. The largest absolute Gasteiger partial charge is 0.310 e. The van der Waals surface area contributed by atoms with E-state index in [1.54, 1.807) is 37.2 Å². The first kappa shape index (κ1) is 46.3. The average molecular weight is 1010 g/mol. The molecule has 12 heteroatoms. The van der Waals surface area contributed by atoms with Gasteiger partial charge in [0, 0.05) is 81.6 Å². The number of nitrogens with zero attached hydrogens (tertiary/aromatic N) is 12. The number of hydrogen-bond donors (Lipinski definition) is 0. The molecule has 2 aliphatic heterocycles. The van der Waals surface area contributed by atoms with Gasteiger partial charge in [-0.05, 0) is 130 Å². The first-order valence-corrected chi connectivity index (χ1v) is 26.0. The van der Waals surface area contributed by atoms with E-state index in [1.165, 1.54) is 22.3 Å². The molecule has 12 nitrogen and oxygen atoms in total. The summed E-state index contributed by atoms with van der Waals surface area (Å²) in [6.07, 6.45) is 10.6. The third kappa shape index (κ3) is 7.67. The molecule has 6 aromatic heterocycles. The number of benzene rings is 6. The molecule has 78 heavy (non-hydrogen) atoms. The van der Waals surface area contributed by atoms with Crippen molar-refractivity contribution in [2.24, 2.45) is 0 Å². The first-order valence-electron chi connectivity index (χ1n) is 26.0. The maximum atomic E-state index is 5.41. The van der Waals surface area contributed by atoms with E-state index < -0.39 is 0 Å². The van der Waals surface area contributed by atoms with Crippen molar-refractivity contribution in [2.45, 2.75) is 38.5 Å². The summed E-state index contributed by atoms with van der Waals surface area (Å²) in [5.41, 5.74) is 14.4. The minimum absolute atomic E-state index is 0.307. The van der Waals surface area contributed by atoms with Crippen molar-refractivity contribution in [2.75, 3.05) is 9.80 Å². The van der Waals surface area contributed by atoms with Crippen LogP contribution in [0.2, 0.25) is 0 Å². The molecule has 0 saturated carbocycles. The van der Waals surface area contributed by atoms with Crippen molar-refractivity contribution in [1.82, 2.24) is 49.8 Å². The molecule has 0 saturated heterocycles. The maximum absolute atomic E-state index is 5.41. The van der Waals surface area contributed by atoms with E-state index in [0.717, 1.165) is 67.2 Å². The van der Waals surface area contributed by atoms with Crippen molar-refractivity contribution >= 4 is 44.9 Å². The predicted molar refractivity (Wildman–Crippen MR) is 308 cm³/mol. The summed E-state index contributed by atoms with van der Waals surface area (Å²) in [7, 11) is 0. The van der Waals surface area contributed by atoms with Crippen LogP contribution in [0.3, 0.4) is 0 Å². The number of pyridine rings is 4. The van der Waals surface area contributed by atoms with Crippen molar-refractivity contribution in [3.05, 3.63) is 241 Å². The van der Waals surface area contributed by atoms with Crippen LogP contribution in [0.15, 0.2) is 219 Å². The highest BCUT2D eigenvalue weighted by Crippen LogP contribution is 2.56. The van der Waals surface area contributed by atoms with Gasteiger partial charge in [0.25, 0.3) is 0 Å². The highest BCUT2D eigenvalue weighted by atomic mass is 15.2. The zero-order chi connectivity index (χ0) is 52.5. The Morgan fingerprint density at radius 1 is 0.321 bits per heavy atom. The molecule has 0 fully saturated rings. The number of aromatic nitrogens is 10. The lowest BCUT2D eigenvalue weighted by molar-refractivity contribution is 0.631. The van der Waals surface area contributed by atoms with Gasteiger partial charge in [0.15, 0.2) is 34.9 Å². The van der Waals surface area contributed by atoms with E-state index in [9.17, 15) is 0 Å². The highest BCUT2D eigenvalue weighted by molar-refractivity contribution is 6.09. The molecule has 14 rings (SSSR count). The molecule has 0 unspecified atom stereocenters. The van der Waals surface area contributed by atoms with Gasteiger partial charge in [-0.3, -0.25) is 19.9 Å². The van der Waals surface area contributed by atoms with Gasteiger partial charge in [-0.15, -0.1) is 0 Å². The van der Waals surface area contributed by atoms with E-state index in [4.69, 9.17) is 39.9 Å². The van der Waals surface area contributed by atoms with E-state index in [2.05, 4.69) is 169 Å². The zero-order valence-corrected chi connectivity index (χ0v) is 43.2. The van der Waals surface area contributed by atoms with Gasteiger partial charge in [-0.2, -0.15) is 0 Å². The van der Waals surface area contributed by atoms with Gasteiger partial charge in [-0.1, -0.05) is 113 Å². The summed E-state index contributed by atoms with van der Waals surface area (Å²) < 4.78 is 0. The number of hydrogen-bond acceptors (Lipinski definition) is 12. The highest BCUT2D eigenvalue weighted by Gasteiger charge is 2.39. The lowest BCUT2D eigenvalue weighted by Crippen LogP contribution is -2.30. The fourth-order valence-corrected chi connectivity index (χ4v) is 11.4. The second kappa shape index (κ2) is 18.3. The van der Waals surface area contributed by atoms with Crippen LogP contribution in [0.4, 0.5) is 34.1 Å². The average Bonchev–Trinajstić information content (AvgIpc) is 3.69. The lowest BCUT2D eigenvalue weighted by Gasteiger charge is -2.42. The smallest absolute Gasteiger partial charge is 0.182 e. The van der Waals surface area contributed by atoms with Crippen molar-refractivity contribution in [3.8, 4) is 68.6 Å². The molecular weight excluding hydrogens is 961 g/mol. The van der Waals surface area contributed by atoms with Crippen molar-refractivity contribution < 1.29 is 0 Å². The monoisotopic (exact) mass is 1010 g/mol. The molecule has 6 aromatic carbocycles.